The average molecular weight is 398 g/mol. The van der Waals surface area contributed by atoms with Gasteiger partial charge in [-0.1, -0.05) is 44.0 Å². The minimum atomic E-state index is -0.00266. The molecule has 20 heavy (non-hydrogen) atoms. The Morgan fingerprint density at radius 2 is 1.85 bits per heavy atom. The maximum absolute atomic E-state index is 12.3. The quantitative estimate of drug-likeness (QED) is 0.795. The van der Waals surface area contributed by atoms with Gasteiger partial charge < -0.3 is 10.6 Å². The summed E-state index contributed by atoms with van der Waals surface area (Å²) in [4.78, 5) is 13.9. The third-order valence-corrected chi connectivity index (χ3v) is 3.96. The van der Waals surface area contributed by atoms with Crippen LogP contribution in [0.2, 0.25) is 0 Å². The fraction of sp³-hybridized carbons (Fsp3) is 0.133. The van der Waals surface area contributed by atoms with Gasteiger partial charge in [-0.15, -0.1) is 0 Å². The van der Waals surface area contributed by atoms with Crippen LogP contribution in [0.4, 0.5) is 11.4 Å². The number of nitrogens with zero attached hydrogens (tertiary/aromatic N) is 1. The van der Waals surface area contributed by atoms with E-state index in [4.69, 9.17) is 5.73 Å². The molecule has 2 rings (SSSR count). The molecule has 0 bridgehead atoms. The van der Waals surface area contributed by atoms with Crippen molar-refractivity contribution >= 4 is 49.1 Å². The predicted molar refractivity (Wildman–Crippen MR) is 89.8 cm³/mol. The van der Waals surface area contributed by atoms with Gasteiger partial charge in [0.15, 0.2) is 0 Å². The molecule has 0 fully saturated rings. The zero-order valence-corrected chi connectivity index (χ0v) is 14.1. The van der Waals surface area contributed by atoms with E-state index >= 15 is 0 Å². The van der Waals surface area contributed by atoms with Crippen molar-refractivity contribution < 1.29 is 4.79 Å². The minimum absolute atomic E-state index is 0.00266. The number of amides is 1. The Morgan fingerprint density at radius 1 is 1.15 bits per heavy atom. The van der Waals surface area contributed by atoms with Crippen LogP contribution in [-0.4, -0.2) is 13.0 Å². The lowest BCUT2D eigenvalue weighted by Crippen LogP contribution is -2.28. The van der Waals surface area contributed by atoms with Crippen LogP contribution in [0, 0.1) is 0 Å². The molecule has 0 saturated carbocycles. The van der Waals surface area contributed by atoms with E-state index in [1.54, 1.807) is 18.0 Å². The van der Waals surface area contributed by atoms with Crippen LogP contribution < -0.4 is 10.6 Å². The summed E-state index contributed by atoms with van der Waals surface area (Å²) < 4.78 is 1.86. The summed E-state index contributed by atoms with van der Waals surface area (Å²) in [6.45, 7) is 0. The Morgan fingerprint density at radius 3 is 2.50 bits per heavy atom. The highest BCUT2D eigenvalue weighted by molar-refractivity contribution is 9.10. The molecule has 0 saturated heterocycles. The molecule has 0 radical (unpaired) electrons. The maximum atomic E-state index is 12.3. The molecule has 5 heteroatoms. The van der Waals surface area contributed by atoms with Gasteiger partial charge >= 0.3 is 0 Å². The average Bonchev–Trinajstić information content (AvgIpc) is 2.38. The first-order valence-electron chi connectivity index (χ1n) is 6.03. The molecule has 0 aliphatic heterocycles. The molecule has 0 aliphatic carbocycles. The Kier molecular flexibility index (Phi) is 4.83. The highest BCUT2D eigenvalue weighted by Crippen LogP contribution is 2.26. The Labute approximate surface area is 135 Å². The Balaban J connectivity index is 2.16. The van der Waals surface area contributed by atoms with E-state index in [0.29, 0.717) is 17.8 Å². The van der Waals surface area contributed by atoms with Crippen molar-refractivity contribution in [3.8, 4) is 0 Å². The second-order valence-corrected chi connectivity index (χ2v) is 6.29. The molecular formula is C15H14Br2N2O. The molecule has 0 heterocycles. The van der Waals surface area contributed by atoms with Crippen LogP contribution in [0.15, 0.2) is 51.4 Å². The van der Waals surface area contributed by atoms with E-state index in [1.165, 1.54) is 0 Å². The number of hydrogen-bond donors (Lipinski definition) is 1. The summed E-state index contributed by atoms with van der Waals surface area (Å²) in [5.41, 5.74) is 8.20. The molecule has 0 aliphatic rings. The number of likely N-dealkylation sites (N-methyl/N-ethyl adjacent to an activating group) is 1. The Hall–Kier alpha value is -1.33. The highest BCUT2D eigenvalue weighted by Gasteiger charge is 2.14. The monoisotopic (exact) mass is 396 g/mol. The van der Waals surface area contributed by atoms with Gasteiger partial charge in [0, 0.05) is 16.0 Å². The Bertz CT molecular complexity index is 644. The predicted octanol–water partition coefficient (Wildman–Crippen LogP) is 4.00. The highest BCUT2D eigenvalue weighted by atomic mass is 79.9. The van der Waals surface area contributed by atoms with E-state index in [9.17, 15) is 4.79 Å². The van der Waals surface area contributed by atoms with Crippen LogP contribution >= 0.6 is 31.9 Å². The lowest BCUT2D eigenvalue weighted by molar-refractivity contribution is -0.117. The number of hydrogen-bond acceptors (Lipinski definition) is 2. The van der Waals surface area contributed by atoms with Gasteiger partial charge in [0.05, 0.1) is 17.8 Å². The molecule has 0 aromatic heterocycles. The number of carbonyl (C=O) groups excluding carboxylic acids is 1. The third-order valence-electron chi connectivity index (χ3n) is 2.97. The molecular weight excluding hydrogens is 384 g/mol. The summed E-state index contributed by atoms with van der Waals surface area (Å²) in [7, 11) is 1.74. The number of nitrogen functional groups attached to an aromatic ring is 1. The second kappa shape index (κ2) is 6.41. The largest absolute Gasteiger partial charge is 0.397 e. The summed E-state index contributed by atoms with van der Waals surface area (Å²) in [6, 6.07) is 13.2. The third kappa shape index (κ3) is 3.61. The van der Waals surface area contributed by atoms with Gasteiger partial charge in [-0.3, -0.25) is 4.79 Å². The fourth-order valence-electron chi connectivity index (χ4n) is 1.91. The number of benzene rings is 2. The van der Waals surface area contributed by atoms with Crippen LogP contribution in [0.25, 0.3) is 0 Å². The van der Waals surface area contributed by atoms with E-state index in [2.05, 4.69) is 31.9 Å². The molecule has 2 N–H and O–H groups in total. The van der Waals surface area contributed by atoms with Crippen LogP contribution in [0.3, 0.4) is 0 Å². The van der Waals surface area contributed by atoms with Crippen molar-refractivity contribution in [2.45, 2.75) is 6.42 Å². The van der Waals surface area contributed by atoms with E-state index in [-0.39, 0.29) is 5.91 Å². The number of nitrogens with two attached hydrogens (primary N) is 1. The number of halogens is 2. The van der Waals surface area contributed by atoms with Gasteiger partial charge in [-0.05, 0) is 35.9 Å². The summed E-state index contributed by atoms with van der Waals surface area (Å²) in [6.07, 6.45) is 0.339. The van der Waals surface area contributed by atoms with Crippen LogP contribution in [-0.2, 0) is 11.2 Å². The number of anilines is 2. The number of rotatable bonds is 3. The molecule has 0 spiro atoms. The van der Waals surface area contributed by atoms with Gasteiger partial charge in [-0.2, -0.15) is 0 Å². The lowest BCUT2D eigenvalue weighted by Gasteiger charge is -2.19. The molecule has 2 aromatic carbocycles. The summed E-state index contributed by atoms with van der Waals surface area (Å²) in [5.74, 6) is -0.00266. The zero-order valence-electron chi connectivity index (χ0n) is 10.9. The molecule has 3 nitrogen and oxygen atoms in total. The first-order valence-corrected chi connectivity index (χ1v) is 7.62. The zero-order chi connectivity index (χ0) is 14.7. The minimum Gasteiger partial charge on any atom is -0.397 e. The van der Waals surface area contributed by atoms with Gasteiger partial charge in [0.25, 0.3) is 0 Å². The van der Waals surface area contributed by atoms with Gasteiger partial charge in [0.1, 0.15) is 0 Å². The van der Waals surface area contributed by atoms with E-state index in [1.807, 2.05) is 36.4 Å². The lowest BCUT2D eigenvalue weighted by atomic mass is 10.1. The first kappa shape index (κ1) is 15.1. The first-order chi connectivity index (χ1) is 9.47. The van der Waals surface area contributed by atoms with Crippen molar-refractivity contribution in [3.63, 3.8) is 0 Å². The number of carbonyl (C=O) groups is 1. The summed E-state index contributed by atoms with van der Waals surface area (Å²) in [5, 5.41) is 0. The van der Waals surface area contributed by atoms with Crippen molar-refractivity contribution in [3.05, 3.63) is 57.0 Å². The van der Waals surface area contributed by atoms with E-state index < -0.39 is 0 Å². The molecule has 1 amide bonds. The van der Waals surface area contributed by atoms with Gasteiger partial charge in [-0.25, -0.2) is 0 Å². The van der Waals surface area contributed by atoms with Crippen molar-refractivity contribution in [1.29, 1.82) is 0 Å². The van der Waals surface area contributed by atoms with E-state index in [0.717, 1.165) is 14.5 Å². The van der Waals surface area contributed by atoms with Crippen molar-refractivity contribution in [2.24, 2.45) is 0 Å². The summed E-state index contributed by atoms with van der Waals surface area (Å²) >= 11 is 6.76. The smallest absolute Gasteiger partial charge is 0.231 e. The van der Waals surface area contributed by atoms with Crippen molar-refractivity contribution in [2.75, 3.05) is 17.7 Å². The standard InChI is InChI=1S/C15H14Br2N2O/c1-19(14-6-5-12(17)9-13(14)18)15(20)8-10-3-2-4-11(16)7-10/h2-7,9H,8,18H2,1H3. The van der Waals surface area contributed by atoms with Crippen molar-refractivity contribution in [1.82, 2.24) is 0 Å². The van der Waals surface area contributed by atoms with Crippen LogP contribution in [0.1, 0.15) is 5.56 Å². The molecule has 0 atom stereocenters. The second-order valence-electron chi connectivity index (χ2n) is 4.46. The molecule has 2 aromatic rings. The molecule has 0 unspecified atom stereocenters. The molecule has 104 valence electrons. The SMILES string of the molecule is CN(C(=O)Cc1cccc(Br)c1)c1ccc(Br)cc1N. The fourth-order valence-corrected chi connectivity index (χ4v) is 2.73. The van der Waals surface area contributed by atoms with Gasteiger partial charge in [0.2, 0.25) is 5.91 Å². The maximum Gasteiger partial charge on any atom is 0.231 e. The van der Waals surface area contributed by atoms with Crippen LogP contribution in [0.5, 0.6) is 0 Å². The topological polar surface area (TPSA) is 46.3 Å². The normalized spacial score (nSPS) is 10.3.